The van der Waals surface area contributed by atoms with Crippen molar-refractivity contribution in [3.8, 4) is 0 Å². The van der Waals surface area contributed by atoms with Crippen LogP contribution < -0.4 is 5.32 Å². The molecule has 0 aliphatic rings. The molecule has 0 amide bonds. The fourth-order valence-electron chi connectivity index (χ4n) is 1.84. The second-order valence-corrected chi connectivity index (χ2v) is 6.41. The molecule has 2 rings (SSSR count). The molecule has 0 bridgehead atoms. The van der Waals surface area contributed by atoms with Gasteiger partial charge in [-0.05, 0) is 32.4 Å². The first-order chi connectivity index (χ1) is 8.20. The number of nitrogens with one attached hydrogen (secondary N) is 1. The molecule has 0 saturated heterocycles. The van der Waals surface area contributed by atoms with Crippen molar-refractivity contribution in [1.29, 1.82) is 0 Å². The highest BCUT2D eigenvalue weighted by Gasteiger charge is 2.16. The molecule has 0 aliphatic carbocycles. The van der Waals surface area contributed by atoms with Crippen molar-refractivity contribution in [2.75, 3.05) is 0 Å². The Labute approximate surface area is 111 Å². The normalized spacial score (nSPS) is 14.8. The van der Waals surface area contributed by atoms with Gasteiger partial charge in [0, 0.05) is 27.4 Å². The molecule has 0 saturated carbocycles. The molecule has 2 heterocycles. The van der Waals surface area contributed by atoms with E-state index < -0.39 is 0 Å². The van der Waals surface area contributed by atoms with Crippen LogP contribution in [0.25, 0.3) is 0 Å². The Hall–Kier alpha value is -0.710. The van der Waals surface area contributed by atoms with Gasteiger partial charge in [0.15, 0.2) is 0 Å². The van der Waals surface area contributed by atoms with E-state index in [1.807, 2.05) is 22.9 Å². The van der Waals surface area contributed by atoms with Crippen LogP contribution in [0.1, 0.15) is 47.1 Å². The van der Waals surface area contributed by atoms with Crippen LogP contribution in [-0.2, 0) is 0 Å². The quantitative estimate of drug-likeness (QED) is 0.872. The van der Waals surface area contributed by atoms with Crippen LogP contribution in [0.5, 0.6) is 0 Å². The monoisotopic (exact) mass is 266 g/mol. The fourth-order valence-corrected chi connectivity index (χ4v) is 3.51. The SMILES string of the molecule is CCC(NC(C)c1ccc(C)s1)c1nccs1. The lowest BCUT2D eigenvalue weighted by Crippen LogP contribution is -2.23. The smallest absolute Gasteiger partial charge is 0.109 e. The molecule has 92 valence electrons. The Bertz CT molecular complexity index is 448. The molecule has 2 unspecified atom stereocenters. The van der Waals surface area contributed by atoms with Crippen LogP contribution in [0.3, 0.4) is 0 Å². The van der Waals surface area contributed by atoms with Crippen LogP contribution in [0.2, 0.25) is 0 Å². The molecule has 0 aromatic carbocycles. The van der Waals surface area contributed by atoms with Crippen LogP contribution in [0, 0.1) is 6.92 Å². The average molecular weight is 266 g/mol. The summed E-state index contributed by atoms with van der Waals surface area (Å²) in [5.74, 6) is 0. The Morgan fingerprint density at radius 1 is 1.41 bits per heavy atom. The van der Waals surface area contributed by atoms with Gasteiger partial charge in [0.1, 0.15) is 5.01 Å². The third-order valence-corrected chi connectivity index (χ3v) is 4.87. The summed E-state index contributed by atoms with van der Waals surface area (Å²) in [5, 5.41) is 6.89. The van der Waals surface area contributed by atoms with Gasteiger partial charge < -0.3 is 5.32 Å². The molecular formula is C13H18N2S2. The van der Waals surface area contributed by atoms with Crippen molar-refractivity contribution in [2.24, 2.45) is 0 Å². The van der Waals surface area contributed by atoms with Crippen LogP contribution in [-0.4, -0.2) is 4.98 Å². The van der Waals surface area contributed by atoms with E-state index in [4.69, 9.17) is 0 Å². The number of nitrogens with zero attached hydrogens (tertiary/aromatic N) is 1. The minimum Gasteiger partial charge on any atom is -0.301 e. The zero-order chi connectivity index (χ0) is 12.3. The van der Waals surface area contributed by atoms with E-state index in [1.165, 1.54) is 14.8 Å². The molecule has 2 atom stereocenters. The predicted octanol–water partition coefficient (Wildman–Crippen LogP) is 4.31. The van der Waals surface area contributed by atoms with E-state index in [-0.39, 0.29) is 0 Å². The molecule has 1 N–H and O–H groups in total. The van der Waals surface area contributed by atoms with Gasteiger partial charge in [-0.2, -0.15) is 0 Å². The van der Waals surface area contributed by atoms with Gasteiger partial charge in [-0.25, -0.2) is 4.98 Å². The summed E-state index contributed by atoms with van der Waals surface area (Å²) < 4.78 is 0. The molecule has 17 heavy (non-hydrogen) atoms. The fraction of sp³-hybridized carbons (Fsp3) is 0.462. The third kappa shape index (κ3) is 3.15. The second kappa shape index (κ2) is 5.76. The number of aryl methyl sites for hydroxylation is 1. The van der Waals surface area contributed by atoms with Crippen molar-refractivity contribution in [3.63, 3.8) is 0 Å². The molecule has 2 aromatic rings. The minimum absolute atomic E-state index is 0.368. The summed E-state index contributed by atoms with van der Waals surface area (Å²) in [4.78, 5) is 7.17. The molecule has 0 fully saturated rings. The maximum atomic E-state index is 4.40. The van der Waals surface area contributed by atoms with E-state index in [1.54, 1.807) is 11.3 Å². The number of thiazole rings is 1. The highest BCUT2D eigenvalue weighted by molar-refractivity contribution is 7.12. The van der Waals surface area contributed by atoms with E-state index in [0.717, 1.165) is 6.42 Å². The summed E-state index contributed by atoms with van der Waals surface area (Å²) in [5.41, 5.74) is 0. The van der Waals surface area contributed by atoms with Gasteiger partial charge in [0.2, 0.25) is 0 Å². The lowest BCUT2D eigenvalue weighted by Gasteiger charge is -2.19. The summed E-state index contributed by atoms with van der Waals surface area (Å²) in [7, 11) is 0. The lowest BCUT2D eigenvalue weighted by atomic mass is 10.2. The first-order valence-electron chi connectivity index (χ1n) is 5.92. The first kappa shape index (κ1) is 12.7. The Kier molecular flexibility index (Phi) is 4.31. The molecule has 0 aliphatic heterocycles. The Morgan fingerprint density at radius 2 is 2.24 bits per heavy atom. The summed E-state index contributed by atoms with van der Waals surface area (Å²) in [6.07, 6.45) is 2.95. The van der Waals surface area contributed by atoms with Gasteiger partial charge in [-0.1, -0.05) is 6.92 Å². The Balaban J connectivity index is 2.04. The lowest BCUT2D eigenvalue weighted by molar-refractivity contribution is 0.459. The largest absolute Gasteiger partial charge is 0.301 e. The number of rotatable bonds is 5. The molecule has 0 radical (unpaired) electrons. The van der Waals surface area contributed by atoms with E-state index in [9.17, 15) is 0 Å². The summed E-state index contributed by atoms with van der Waals surface area (Å²) >= 11 is 3.59. The maximum absolute atomic E-state index is 4.40. The minimum atomic E-state index is 0.368. The number of thiophene rings is 1. The third-order valence-electron chi connectivity index (χ3n) is 2.80. The van der Waals surface area contributed by atoms with Crippen LogP contribution in [0.4, 0.5) is 0 Å². The maximum Gasteiger partial charge on any atom is 0.109 e. The van der Waals surface area contributed by atoms with Crippen molar-refractivity contribution in [3.05, 3.63) is 38.5 Å². The molecule has 0 spiro atoms. The van der Waals surface area contributed by atoms with Gasteiger partial charge in [0.25, 0.3) is 0 Å². The second-order valence-electron chi connectivity index (χ2n) is 4.17. The number of hydrogen-bond donors (Lipinski definition) is 1. The Morgan fingerprint density at radius 3 is 2.76 bits per heavy atom. The van der Waals surface area contributed by atoms with Crippen molar-refractivity contribution in [1.82, 2.24) is 10.3 Å². The molecule has 2 nitrogen and oxygen atoms in total. The van der Waals surface area contributed by atoms with Crippen molar-refractivity contribution in [2.45, 2.75) is 39.3 Å². The van der Waals surface area contributed by atoms with Crippen molar-refractivity contribution >= 4 is 22.7 Å². The van der Waals surface area contributed by atoms with Gasteiger partial charge in [0.05, 0.1) is 6.04 Å². The molecule has 2 aromatic heterocycles. The van der Waals surface area contributed by atoms with Crippen LogP contribution in [0.15, 0.2) is 23.7 Å². The van der Waals surface area contributed by atoms with E-state index in [0.29, 0.717) is 12.1 Å². The highest BCUT2D eigenvalue weighted by Crippen LogP contribution is 2.27. The number of aromatic nitrogens is 1. The van der Waals surface area contributed by atoms with E-state index in [2.05, 4.69) is 43.2 Å². The number of hydrogen-bond acceptors (Lipinski definition) is 4. The zero-order valence-electron chi connectivity index (χ0n) is 10.4. The predicted molar refractivity (Wildman–Crippen MR) is 75.8 cm³/mol. The van der Waals surface area contributed by atoms with Gasteiger partial charge >= 0.3 is 0 Å². The topological polar surface area (TPSA) is 24.9 Å². The van der Waals surface area contributed by atoms with Crippen LogP contribution >= 0.6 is 22.7 Å². The molecule has 4 heteroatoms. The highest BCUT2D eigenvalue weighted by atomic mass is 32.1. The first-order valence-corrected chi connectivity index (χ1v) is 7.62. The summed E-state index contributed by atoms with van der Waals surface area (Å²) in [6.45, 7) is 6.58. The zero-order valence-corrected chi connectivity index (χ0v) is 12.1. The van der Waals surface area contributed by atoms with Gasteiger partial charge in [-0.15, -0.1) is 22.7 Å². The van der Waals surface area contributed by atoms with E-state index >= 15 is 0 Å². The standard InChI is InChI=1S/C13H18N2S2/c1-4-11(13-14-7-8-16-13)15-10(3)12-6-5-9(2)17-12/h5-8,10-11,15H,4H2,1-3H3. The molecular weight excluding hydrogens is 248 g/mol. The average Bonchev–Trinajstić information content (AvgIpc) is 2.96. The van der Waals surface area contributed by atoms with Crippen molar-refractivity contribution < 1.29 is 0 Å². The van der Waals surface area contributed by atoms with Gasteiger partial charge in [-0.3, -0.25) is 0 Å². The summed E-state index contributed by atoms with van der Waals surface area (Å²) in [6, 6.07) is 5.16.